The Bertz CT molecular complexity index is 1000. The fraction of sp³-hybridized carbons (Fsp3) is 0.350. The highest BCUT2D eigenvalue weighted by molar-refractivity contribution is 7.89. The zero-order valence-corrected chi connectivity index (χ0v) is 17.4. The number of piperazine rings is 1. The van der Waals surface area contributed by atoms with Gasteiger partial charge in [0.1, 0.15) is 0 Å². The Labute approximate surface area is 173 Å². The van der Waals surface area contributed by atoms with Gasteiger partial charge in [0.2, 0.25) is 10.0 Å². The third-order valence-corrected chi connectivity index (χ3v) is 6.72. The second-order valence-corrected chi connectivity index (χ2v) is 8.69. The number of amides is 1. The number of ether oxygens (including phenoxy) is 2. The van der Waals surface area contributed by atoms with Crippen LogP contribution in [0.3, 0.4) is 0 Å². The van der Waals surface area contributed by atoms with Gasteiger partial charge >= 0.3 is 6.61 Å². The van der Waals surface area contributed by atoms with Gasteiger partial charge in [0.25, 0.3) is 5.91 Å². The average Bonchev–Trinajstić information content (AvgIpc) is 2.73. The molecular weight excluding hydrogens is 418 g/mol. The minimum absolute atomic E-state index is 0.0155. The first kappa shape index (κ1) is 22.0. The number of hydrogen-bond acceptors (Lipinski definition) is 5. The number of carbonyl (C=O) groups is 1. The Hall–Kier alpha value is -2.72. The Morgan fingerprint density at radius 1 is 1.00 bits per heavy atom. The number of aryl methyl sites for hydroxylation is 1. The SMILES string of the molecule is COc1cc(C(=O)N2CCN(S(=O)(=O)c3ccc(C)cc3)CC2)ccc1OC(F)F. The van der Waals surface area contributed by atoms with Crippen molar-refractivity contribution < 1.29 is 31.5 Å². The van der Waals surface area contributed by atoms with Crippen LogP contribution in [-0.2, 0) is 10.0 Å². The predicted octanol–water partition coefficient (Wildman–Crippen LogP) is 2.75. The van der Waals surface area contributed by atoms with Crippen LogP contribution < -0.4 is 9.47 Å². The molecule has 0 bridgehead atoms. The summed E-state index contributed by atoms with van der Waals surface area (Å²) in [6, 6.07) is 10.6. The van der Waals surface area contributed by atoms with Crippen LogP contribution in [0.4, 0.5) is 8.78 Å². The van der Waals surface area contributed by atoms with Crippen LogP contribution in [0.2, 0.25) is 0 Å². The van der Waals surface area contributed by atoms with Crippen molar-refractivity contribution in [3.05, 3.63) is 53.6 Å². The molecule has 1 heterocycles. The van der Waals surface area contributed by atoms with Gasteiger partial charge in [0.05, 0.1) is 12.0 Å². The summed E-state index contributed by atoms with van der Waals surface area (Å²) < 4.78 is 61.2. The van der Waals surface area contributed by atoms with Gasteiger partial charge < -0.3 is 14.4 Å². The van der Waals surface area contributed by atoms with Crippen LogP contribution in [0.1, 0.15) is 15.9 Å². The van der Waals surface area contributed by atoms with E-state index in [9.17, 15) is 22.0 Å². The van der Waals surface area contributed by atoms with Gasteiger partial charge in [-0.1, -0.05) is 17.7 Å². The fourth-order valence-corrected chi connectivity index (χ4v) is 4.59. The van der Waals surface area contributed by atoms with Crippen molar-refractivity contribution >= 4 is 15.9 Å². The second-order valence-electron chi connectivity index (χ2n) is 6.75. The first-order valence-corrected chi connectivity index (χ1v) is 10.7. The molecule has 1 aliphatic rings. The predicted molar refractivity (Wildman–Crippen MR) is 105 cm³/mol. The van der Waals surface area contributed by atoms with Crippen molar-refractivity contribution in [2.75, 3.05) is 33.3 Å². The molecule has 2 aromatic rings. The minimum atomic E-state index is -3.63. The van der Waals surface area contributed by atoms with Crippen LogP contribution in [-0.4, -0.2) is 63.4 Å². The molecule has 0 unspecified atom stereocenters. The summed E-state index contributed by atoms with van der Waals surface area (Å²) in [7, 11) is -2.34. The molecule has 0 spiro atoms. The Morgan fingerprint density at radius 3 is 2.20 bits per heavy atom. The van der Waals surface area contributed by atoms with E-state index in [2.05, 4.69) is 4.74 Å². The van der Waals surface area contributed by atoms with E-state index in [1.54, 1.807) is 24.3 Å². The Kier molecular flexibility index (Phi) is 6.57. The number of carbonyl (C=O) groups excluding carboxylic acids is 1. The van der Waals surface area contributed by atoms with E-state index < -0.39 is 16.6 Å². The maximum atomic E-state index is 12.8. The molecule has 0 N–H and O–H groups in total. The lowest BCUT2D eigenvalue weighted by Crippen LogP contribution is -2.50. The van der Waals surface area contributed by atoms with Crippen molar-refractivity contribution in [3.63, 3.8) is 0 Å². The molecule has 3 rings (SSSR count). The molecule has 0 atom stereocenters. The first-order valence-electron chi connectivity index (χ1n) is 9.21. The van der Waals surface area contributed by atoms with Crippen LogP contribution >= 0.6 is 0 Å². The molecule has 0 saturated carbocycles. The minimum Gasteiger partial charge on any atom is -0.493 e. The third-order valence-electron chi connectivity index (χ3n) is 4.81. The van der Waals surface area contributed by atoms with E-state index >= 15 is 0 Å². The first-order chi connectivity index (χ1) is 14.2. The van der Waals surface area contributed by atoms with Crippen molar-refractivity contribution in [1.29, 1.82) is 0 Å². The summed E-state index contributed by atoms with van der Waals surface area (Å²) in [5.41, 5.74) is 1.20. The monoisotopic (exact) mass is 440 g/mol. The van der Waals surface area contributed by atoms with Crippen LogP contribution in [0.25, 0.3) is 0 Å². The largest absolute Gasteiger partial charge is 0.493 e. The highest BCUT2D eigenvalue weighted by Gasteiger charge is 2.30. The standard InChI is InChI=1S/C20H22F2N2O5S/c1-14-3-6-16(7-4-14)30(26,27)24-11-9-23(10-12-24)19(25)15-5-8-17(29-20(21)22)18(13-15)28-2/h3-8,13,20H,9-12H2,1-2H3. The molecule has 30 heavy (non-hydrogen) atoms. The zero-order chi connectivity index (χ0) is 21.9. The highest BCUT2D eigenvalue weighted by atomic mass is 32.2. The third kappa shape index (κ3) is 4.71. The summed E-state index contributed by atoms with van der Waals surface area (Å²) >= 11 is 0. The number of benzene rings is 2. The van der Waals surface area contributed by atoms with Gasteiger partial charge in [0, 0.05) is 31.7 Å². The summed E-state index contributed by atoms with van der Waals surface area (Å²) in [6.45, 7) is -0.397. The normalized spacial score (nSPS) is 15.3. The molecule has 1 saturated heterocycles. The van der Waals surface area contributed by atoms with Crippen LogP contribution in [0.15, 0.2) is 47.4 Å². The lowest BCUT2D eigenvalue weighted by Gasteiger charge is -2.34. The van der Waals surface area contributed by atoms with E-state index in [1.807, 2.05) is 6.92 Å². The Morgan fingerprint density at radius 2 is 1.63 bits per heavy atom. The highest BCUT2D eigenvalue weighted by Crippen LogP contribution is 2.30. The van der Waals surface area contributed by atoms with E-state index in [0.717, 1.165) is 5.56 Å². The molecule has 1 aliphatic heterocycles. The van der Waals surface area contributed by atoms with Crippen LogP contribution in [0.5, 0.6) is 11.5 Å². The van der Waals surface area contributed by atoms with Gasteiger partial charge in [-0.3, -0.25) is 4.79 Å². The van der Waals surface area contributed by atoms with Gasteiger partial charge in [-0.25, -0.2) is 8.42 Å². The number of alkyl halides is 2. The molecule has 1 amide bonds. The number of sulfonamides is 1. The molecule has 7 nitrogen and oxygen atoms in total. The van der Waals surface area contributed by atoms with Gasteiger partial charge in [-0.15, -0.1) is 0 Å². The van der Waals surface area contributed by atoms with Crippen LogP contribution in [0, 0.1) is 6.92 Å². The molecule has 2 aromatic carbocycles. The molecule has 10 heteroatoms. The van der Waals surface area contributed by atoms with Crippen molar-refractivity contribution in [2.24, 2.45) is 0 Å². The lowest BCUT2D eigenvalue weighted by molar-refractivity contribution is -0.0512. The number of hydrogen-bond donors (Lipinski definition) is 0. The molecule has 0 aromatic heterocycles. The topological polar surface area (TPSA) is 76.2 Å². The fourth-order valence-electron chi connectivity index (χ4n) is 3.17. The Balaban J connectivity index is 1.69. The number of halogens is 2. The molecule has 162 valence electrons. The summed E-state index contributed by atoms with van der Waals surface area (Å²) in [5.74, 6) is -0.496. The summed E-state index contributed by atoms with van der Waals surface area (Å²) in [5, 5.41) is 0. The maximum Gasteiger partial charge on any atom is 0.387 e. The van der Waals surface area contributed by atoms with Crippen molar-refractivity contribution in [2.45, 2.75) is 18.4 Å². The smallest absolute Gasteiger partial charge is 0.387 e. The zero-order valence-electron chi connectivity index (χ0n) is 16.5. The maximum absolute atomic E-state index is 12.8. The number of methoxy groups -OCH3 is 1. The molecule has 0 radical (unpaired) electrons. The molecule has 0 aliphatic carbocycles. The van der Waals surface area contributed by atoms with Gasteiger partial charge in [0.15, 0.2) is 11.5 Å². The molecular formula is C20H22F2N2O5S. The van der Waals surface area contributed by atoms with E-state index in [-0.39, 0.29) is 54.0 Å². The van der Waals surface area contributed by atoms with Crippen molar-refractivity contribution in [3.8, 4) is 11.5 Å². The quantitative estimate of drug-likeness (QED) is 0.691. The molecule has 1 fully saturated rings. The number of nitrogens with zero attached hydrogens (tertiary/aromatic N) is 2. The second kappa shape index (κ2) is 8.97. The average molecular weight is 440 g/mol. The van der Waals surface area contributed by atoms with Gasteiger partial charge in [-0.2, -0.15) is 13.1 Å². The van der Waals surface area contributed by atoms with Gasteiger partial charge in [-0.05, 0) is 37.3 Å². The number of rotatable bonds is 6. The summed E-state index contributed by atoms with van der Waals surface area (Å²) in [4.78, 5) is 14.5. The van der Waals surface area contributed by atoms with E-state index in [4.69, 9.17) is 4.74 Å². The summed E-state index contributed by atoms with van der Waals surface area (Å²) in [6.07, 6.45) is 0. The van der Waals surface area contributed by atoms with E-state index in [0.29, 0.717) is 0 Å². The van der Waals surface area contributed by atoms with Crippen molar-refractivity contribution in [1.82, 2.24) is 9.21 Å². The van der Waals surface area contributed by atoms with E-state index in [1.165, 1.54) is 34.5 Å². The lowest BCUT2D eigenvalue weighted by atomic mass is 10.1.